The van der Waals surface area contributed by atoms with Crippen LogP contribution in [0.15, 0.2) is 78.9 Å². The largest absolute Gasteiger partial charge is 0.397 e. The minimum atomic E-state index is -0.516. The summed E-state index contributed by atoms with van der Waals surface area (Å²) in [5, 5.41) is 13.9. The molecule has 0 aliphatic carbocycles. The number of nitrogens with two attached hydrogens (primary N) is 1. The molecule has 0 spiro atoms. The minimum absolute atomic E-state index is 0.111. The van der Waals surface area contributed by atoms with Crippen LogP contribution < -0.4 is 16.0 Å². The quantitative estimate of drug-likeness (QED) is 0.196. The average Bonchev–Trinajstić information content (AvgIpc) is 2.83. The highest BCUT2D eigenvalue weighted by Crippen LogP contribution is 2.21. The van der Waals surface area contributed by atoms with Crippen molar-refractivity contribution < 1.29 is 14.5 Å². The van der Waals surface area contributed by atoms with Gasteiger partial charge in [-0.2, -0.15) is 0 Å². The first-order valence-corrected chi connectivity index (χ1v) is 10.7. The Bertz CT molecular complexity index is 1120. The molecule has 3 aromatic rings. The van der Waals surface area contributed by atoms with Crippen LogP contribution in [0.3, 0.4) is 0 Å². The Morgan fingerprint density at radius 1 is 0.909 bits per heavy atom. The Morgan fingerprint density at radius 3 is 2.36 bits per heavy atom. The van der Waals surface area contributed by atoms with E-state index in [4.69, 9.17) is 5.73 Å². The molecule has 0 saturated carbocycles. The van der Waals surface area contributed by atoms with Gasteiger partial charge >= 0.3 is 0 Å². The lowest BCUT2D eigenvalue weighted by atomic mass is 10.1. The number of rotatable bonds is 10. The van der Waals surface area contributed by atoms with Gasteiger partial charge in [-0.1, -0.05) is 42.8 Å². The van der Waals surface area contributed by atoms with Gasteiger partial charge in [0, 0.05) is 36.3 Å². The van der Waals surface area contributed by atoms with Gasteiger partial charge in [0.2, 0.25) is 5.91 Å². The van der Waals surface area contributed by atoms with Crippen molar-refractivity contribution in [1.29, 1.82) is 0 Å². The number of nitro benzene ring substituents is 1. The lowest BCUT2D eigenvalue weighted by Crippen LogP contribution is -2.32. The van der Waals surface area contributed by atoms with Gasteiger partial charge in [-0.25, -0.2) is 0 Å². The van der Waals surface area contributed by atoms with Crippen molar-refractivity contribution in [3.63, 3.8) is 0 Å². The van der Waals surface area contributed by atoms with Crippen molar-refractivity contribution in [2.45, 2.75) is 25.7 Å². The van der Waals surface area contributed by atoms with Crippen LogP contribution in [0.25, 0.3) is 0 Å². The molecule has 0 unspecified atom stereocenters. The van der Waals surface area contributed by atoms with Crippen molar-refractivity contribution in [2.75, 3.05) is 22.5 Å². The number of para-hydroxylation sites is 3. The summed E-state index contributed by atoms with van der Waals surface area (Å²) in [4.78, 5) is 37.5. The second kappa shape index (κ2) is 11.4. The Kier molecular flexibility index (Phi) is 8.13. The standard InChI is InChI=1S/C25H26N4O4/c26-22-14-6-7-15-23(22)27-24(30)16-5-2-8-17-28(20-11-3-1-4-12-20)25(31)19-10-9-13-21(18-19)29(32)33/h1,3-4,6-7,9-15,18H,2,5,8,16-17,26H2,(H,27,30). The van der Waals surface area contributed by atoms with E-state index in [-0.39, 0.29) is 23.1 Å². The Labute approximate surface area is 192 Å². The number of nitrogen functional groups attached to an aromatic ring is 1. The van der Waals surface area contributed by atoms with Gasteiger partial charge in [0.15, 0.2) is 0 Å². The summed E-state index contributed by atoms with van der Waals surface area (Å²) in [5.41, 5.74) is 7.81. The number of nitrogens with one attached hydrogen (secondary N) is 1. The third-order valence-electron chi connectivity index (χ3n) is 5.14. The maximum atomic E-state index is 13.2. The van der Waals surface area contributed by atoms with Crippen molar-refractivity contribution in [3.8, 4) is 0 Å². The van der Waals surface area contributed by atoms with Gasteiger partial charge in [0.25, 0.3) is 11.6 Å². The zero-order valence-electron chi connectivity index (χ0n) is 18.1. The molecule has 170 valence electrons. The minimum Gasteiger partial charge on any atom is -0.397 e. The summed E-state index contributed by atoms with van der Waals surface area (Å²) in [6, 6.07) is 22.0. The first kappa shape index (κ1) is 23.5. The lowest BCUT2D eigenvalue weighted by molar-refractivity contribution is -0.384. The summed E-state index contributed by atoms with van der Waals surface area (Å²) in [6.45, 7) is 0.429. The molecule has 3 rings (SSSR count). The van der Waals surface area contributed by atoms with Crippen molar-refractivity contribution in [1.82, 2.24) is 0 Å². The van der Waals surface area contributed by atoms with Crippen molar-refractivity contribution >= 4 is 34.6 Å². The van der Waals surface area contributed by atoms with Gasteiger partial charge in [-0.3, -0.25) is 19.7 Å². The molecule has 3 aromatic carbocycles. The average molecular weight is 447 g/mol. The normalized spacial score (nSPS) is 10.4. The Balaban J connectivity index is 1.57. The second-order valence-electron chi connectivity index (χ2n) is 7.55. The van der Waals surface area contributed by atoms with Crippen LogP contribution in [-0.2, 0) is 4.79 Å². The fourth-order valence-electron chi connectivity index (χ4n) is 3.42. The lowest BCUT2D eigenvalue weighted by Gasteiger charge is -2.23. The van der Waals surface area contributed by atoms with Gasteiger partial charge in [0.1, 0.15) is 0 Å². The predicted octanol–water partition coefficient (Wildman–Crippen LogP) is 5.02. The van der Waals surface area contributed by atoms with Crippen molar-refractivity contribution in [3.05, 3.63) is 94.5 Å². The molecule has 0 aliphatic rings. The number of benzene rings is 3. The monoisotopic (exact) mass is 446 g/mol. The summed E-state index contributed by atoms with van der Waals surface area (Å²) >= 11 is 0. The van der Waals surface area contributed by atoms with E-state index in [0.29, 0.717) is 42.9 Å². The topological polar surface area (TPSA) is 119 Å². The molecule has 0 saturated heterocycles. The zero-order valence-corrected chi connectivity index (χ0v) is 18.1. The van der Waals surface area contributed by atoms with Crippen LogP contribution in [0.4, 0.5) is 22.7 Å². The molecular weight excluding hydrogens is 420 g/mol. The van der Waals surface area contributed by atoms with E-state index in [9.17, 15) is 19.7 Å². The second-order valence-corrected chi connectivity index (χ2v) is 7.55. The highest BCUT2D eigenvalue weighted by Gasteiger charge is 2.19. The zero-order chi connectivity index (χ0) is 23.6. The number of non-ortho nitro benzene ring substituents is 1. The smallest absolute Gasteiger partial charge is 0.270 e. The van der Waals surface area contributed by atoms with E-state index < -0.39 is 4.92 Å². The SMILES string of the molecule is Nc1ccccc1NC(=O)CCCCCN(C(=O)c1cccc([N+](=O)[O-])c1)c1ccccc1. The molecule has 8 nitrogen and oxygen atoms in total. The highest BCUT2D eigenvalue weighted by atomic mass is 16.6. The fourth-order valence-corrected chi connectivity index (χ4v) is 3.42. The molecule has 8 heteroatoms. The number of nitro groups is 1. The number of unbranched alkanes of at least 4 members (excludes halogenated alkanes) is 2. The molecule has 2 amide bonds. The van der Waals surface area contributed by atoms with Crippen LogP contribution in [0, 0.1) is 10.1 Å². The van der Waals surface area contributed by atoms with Gasteiger partial charge in [0.05, 0.1) is 16.3 Å². The van der Waals surface area contributed by atoms with Crippen molar-refractivity contribution in [2.24, 2.45) is 0 Å². The third-order valence-corrected chi connectivity index (χ3v) is 5.14. The van der Waals surface area contributed by atoms with Gasteiger partial charge in [-0.15, -0.1) is 0 Å². The maximum Gasteiger partial charge on any atom is 0.270 e. The molecule has 0 aromatic heterocycles. The van der Waals surface area contributed by atoms with Crippen LogP contribution in [0.1, 0.15) is 36.0 Å². The number of carbonyl (C=O) groups is 2. The molecule has 0 bridgehead atoms. The molecule has 0 fully saturated rings. The van der Waals surface area contributed by atoms with Crippen LogP contribution >= 0.6 is 0 Å². The number of amides is 2. The molecule has 0 atom stereocenters. The van der Waals surface area contributed by atoms with E-state index in [1.807, 2.05) is 36.4 Å². The predicted molar refractivity (Wildman–Crippen MR) is 129 cm³/mol. The third kappa shape index (κ3) is 6.64. The Morgan fingerprint density at radius 2 is 1.64 bits per heavy atom. The summed E-state index contributed by atoms with van der Waals surface area (Å²) in [6.07, 6.45) is 2.42. The molecule has 0 aliphatic heterocycles. The van der Waals surface area contributed by atoms with Crippen LogP contribution in [0.2, 0.25) is 0 Å². The number of hydrogen-bond acceptors (Lipinski definition) is 5. The van der Waals surface area contributed by atoms with E-state index in [1.165, 1.54) is 18.2 Å². The number of hydrogen-bond donors (Lipinski definition) is 2. The van der Waals surface area contributed by atoms with E-state index in [2.05, 4.69) is 5.32 Å². The van der Waals surface area contributed by atoms with E-state index in [1.54, 1.807) is 29.2 Å². The summed E-state index contributed by atoms with van der Waals surface area (Å²) in [5.74, 6) is -0.414. The molecule has 0 radical (unpaired) electrons. The number of nitrogens with zero attached hydrogens (tertiary/aromatic N) is 2. The first-order chi connectivity index (χ1) is 16.0. The van der Waals surface area contributed by atoms with E-state index >= 15 is 0 Å². The fraction of sp³-hybridized carbons (Fsp3) is 0.200. The van der Waals surface area contributed by atoms with Crippen LogP contribution in [0.5, 0.6) is 0 Å². The first-order valence-electron chi connectivity index (χ1n) is 10.7. The molecular formula is C25H26N4O4. The molecule has 3 N–H and O–H groups in total. The summed E-state index contributed by atoms with van der Waals surface area (Å²) in [7, 11) is 0. The Hall–Kier alpha value is -4.20. The number of carbonyl (C=O) groups excluding carboxylic acids is 2. The van der Waals surface area contributed by atoms with Gasteiger partial charge < -0.3 is 16.0 Å². The van der Waals surface area contributed by atoms with Crippen LogP contribution in [-0.4, -0.2) is 23.3 Å². The summed E-state index contributed by atoms with van der Waals surface area (Å²) < 4.78 is 0. The highest BCUT2D eigenvalue weighted by molar-refractivity contribution is 6.06. The van der Waals surface area contributed by atoms with Gasteiger partial charge in [-0.05, 0) is 43.2 Å². The number of anilines is 3. The maximum absolute atomic E-state index is 13.2. The van der Waals surface area contributed by atoms with E-state index in [0.717, 1.165) is 6.42 Å². The molecule has 33 heavy (non-hydrogen) atoms. The molecule has 0 heterocycles.